The third kappa shape index (κ3) is 5.00. The SMILES string of the molecule is O=P(c1ccccc1)(N1c2ccccc2C(c2ccccc2)(c2ccccc2)c2ccccc21)N1c2ccccc2C(c2ccccc2)(c2ccccc2)c2ccccc21. The first-order valence-corrected chi connectivity index (χ1v) is 22.2. The maximum atomic E-state index is 18.0. The first kappa shape index (κ1) is 35.9. The molecule has 0 bridgehead atoms. The molecule has 0 fully saturated rings. The molecular formula is C56H41N2OP. The second-order valence-electron chi connectivity index (χ2n) is 15.5. The van der Waals surface area contributed by atoms with Gasteiger partial charge in [0.2, 0.25) is 0 Å². The van der Waals surface area contributed by atoms with E-state index in [-0.39, 0.29) is 0 Å². The van der Waals surface area contributed by atoms with E-state index in [0.29, 0.717) is 0 Å². The minimum absolute atomic E-state index is 0.707. The Morgan fingerprint density at radius 3 is 0.750 bits per heavy atom. The number of hydrogen-bond acceptors (Lipinski definition) is 1. The fraction of sp³-hybridized carbons (Fsp3) is 0.0357. The van der Waals surface area contributed by atoms with E-state index >= 15 is 4.57 Å². The molecule has 0 aromatic heterocycles. The van der Waals surface area contributed by atoms with Gasteiger partial charge in [0.25, 0.3) is 0 Å². The van der Waals surface area contributed by atoms with Gasteiger partial charge in [-0.25, -0.2) is 0 Å². The zero-order chi connectivity index (χ0) is 40.2. The van der Waals surface area contributed by atoms with Gasteiger partial charge in [0.15, 0.2) is 0 Å². The Labute approximate surface area is 352 Å². The fourth-order valence-electron chi connectivity index (χ4n) is 10.3. The molecule has 9 aromatic carbocycles. The van der Waals surface area contributed by atoms with Crippen molar-refractivity contribution in [3.05, 3.63) is 293 Å². The molecule has 2 heterocycles. The second-order valence-corrected chi connectivity index (χ2v) is 17.9. The summed E-state index contributed by atoms with van der Waals surface area (Å²) >= 11 is 0. The Balaban J connectivity index is 1.27. The first-order chi connectivity index (χ1) is 29.7. The molecule has 0 saturated carbocycles. The van der Waals surface area contributed by atoms with Crippen molar-refractivity contribution in [2.24, 2.45) is 0 Å². The number of para-hydroxylation sites is 4. The third-order valence-electron chi connectivity index (χ3n) is 12.6. The van der Waals surface area contributed by atoms with Gasteiger partial charge in [-0.05, 0) is 80.9 Å². The molecular weight excluding hydrogens is 748 g/mol. The molecule has 0 saturated heterocycles. The molecule has 4 heteroatoms. The summed E-state index contributed by atoms with van der Waals surface area (Å²) in [5, 5.41) is 0.734. The largest absolute Gasteiger partial charge is 0.301 e. The van der Waals surface area contributed by atoms with Crippen LogP contribution in [0.5, 0.6) is 0 Å². The maximum absolute atomic E-state index is 18.0. The highest BCUT2D eigenvalue weighted by Gasteiger charge is 2.55. The molecule has 0 N–H and O–H groups in total. The Hall–Kier alpha value is -7.19. The Morgan fingerprint density at radius 2 is 0.483 bits per heavy atom. The van der Waals surface area contributed by atoms with Gasteiger partial charge in [-0.1, -0.05) is 212 Å². The smallest absolute Gasteiger partial charge is 0.271 e. The number of fused-ring (bicyclic) bond motifs is 4. The van der Waals surface area contributed by atoms with Crippen molar-refractivity contribution in [3.63, 3.8) is 0 Å². The summed E-state index contributed by atoms with van der Waals surface area (Å²) in [7, 11) is -3.96. The lowest BCUT2D eigenvalue weighted by atomic mass is 9.63. The Kier molecular flexibility index (Phi) is 8.55. The second kappa shape index (κ2) is 14.3. The van der Waals surface area contributed by atoms with Crippen LogP contribution in [0, 0.1) is 0 Å². The van der Waals surface area contributed by atoms with Crippen LogP contribution in [0.15, 0.2) is 249 Å². The van der Waals surface area contributed by atoms with Crippen LogP contribution in [0.1, 0.15) is 44.5 Å². The number of hydrogen-bond donors (Lipinski definition) is 0. The van der Waals surface area contributed by atoms with E-state index in [0.717, 1.165) is 72.6 Å². The molecule has 0 spiro atoms. The van der Waals surface area contributed by atoms with Gasteiger partial charge in [-0.15, -0.1) is 0 Å². The minimum atomic E-state index is -3.96. The van der Waals surface area contributed by atoms with Crippen LogP contribution in [-0.4, -0.2) is 0 Å². The average Bonchev–Trinajstić information content (AvgIpc) is 3.33. The van der Waals surface area contributed by atoms with E-state index in [1.807, 2.05) is 30.3 Å². The Bertz CT molecular complexity index is 2660. The van der Waals surface area contributed by atoms with Gasteiger partial charge < -0.3 is 0 Å². The van der Waals surface area contributed by atoms with Crippen LogP contribution < -0.4 is 14.6 Å². The quantitative estimate of drug-likeness (QED) is 0.150. The summed E-state index contributed by atoms with van der Waals surface area (Å²) in [5.74, 6) is 0. The molecule has 60 heavy (non-hydrogen) atoms. The topological polar surface area (TPSA) is 23.6 Å². The van der Waals surface area contributed by atoms with Crippen molar-refractivity contribution < 1.29 is 4.57 Å². The molecule has 3 nitrogen and oxygen atoms in total. The average molecular weight is 789 g/mol. The summed E-state index contributed by atoms with van der Waals surface area (Å²) in [4.78, 5) is 0. The van der Waals surface area contributed by atoms with Gasteiger partial charge in [0, 0.05) is 0 Å². The molecule has 0 aliphatic carbocycles. The van der Waals surface area contributed by atoms with E-state index < -0.39 is 18.3 Å². The van der Waals surface area contributed by atoms with Crippen molar-refractivity contribution in [2.45, 2.75) is 10.8 Å². The lowest BCUT2D eigenvalue weighted by Crippen LogP contribution is -2.44. The van der Waals surface area contributed by atoms with Crippen LogP contribution >= 0.6 is 7.44 Å². The van der Waals surface area contributed by atoms with Gasteiger partial charge in [-0.3, -0.25) is 13.9 Å². The monoisotopic (exact) mass is 788 g/mol. The van der Waals surface area contributed by atoms with Crippen molar-refractivity contribution in [1.29, 1.82) is 0 Å². The molecule has 0 radical (unpaired) electrons. The van der Waals surface area contributed by atoms with Crippen molar-refractivity contribution in [2.75, 3.05) is 9.34 Å². The molecule has 286 valence electrons. The van der Waals surface area contributed by atoms with Gasteiger partial charge in [0.05, 0.1) is 38.9 Å². The van der Waals surface area contributed by atoms with Crippen molar-refractivity contribution in [3.8, 4) is 0 Å². The molecule has 11 rings (SSSR count). The summed E-state index contributed by atoms with van der Waals surface area (Å²) in [6.07, 6.45) is 0. The fourth-order valence-corrected chi connectivity index (χ4v) is 13.4. The number of rotatable bonds is 7. The van der Waals surface area contributed by atoms with E-state index in [9.17, 15) is 0 Å². The number of benzene rings is 9. The van der Waals surface area contributed by atoms with Crippen molar-refractivity contribution >= 4 is 35.5 Å². The van der Waals surface area contributed by atoms with E-state index in [1.165, 1.54) is 0 Å². The molecule has 2 aliphatic heterocycles. The molecule has 9 aromatic rings. The zero-order valence-corrected chi connectivity index (χ0v) is 33.8. The number of nitrogens with zero attached hydrogens (tertiary/aromatic N) is 2. The lowest BCUT2D eigenvalue weighted by Gasteiger charge is -2.53. The standard InChI is InChI=1S/C56H41N2OP/c59-60(46-32-14-5-15-33-46,57-51-38-20-16-34-47(51)55(42-24-6-1-7-25-42,43-26-8-2-9-27-43)48-35-17-21-39-52(48)57)58-53-40-22-18-36-49(53)56(44-28-10-3-11-29-44,45-30-12-4-13-31-45)50-37-19-23-41-54(50)58/h1-41H. The van der Waals surface area contributed by atoms with E-state index in [2.05, 4.69) is 228 Å². The summed E-state index contributed by atoms with van der Waals surface area (Å²) < 4.78 is 22.4. The number of anilines is 4. The predicted octanol–water partition coefficient (Wildman–Crippen LogP) is 13.6. The maximum Gasteiger partial charge on any atom is 0.301 e. The molecule has 0 atom stereocenters. The molecule has 2 aliphatic rings. The minimum Gasteiger partial charge on any atom is -0.271 e. The van der Waals surface area contributed by atoms with E-state index in [4.69, 9.17) is 0 Å². The van der Waals surface area contributed by atoms with Crippen molar-refractivity contribution in [1.82, 2.24) is 0 Å². The van der Waals surface area contributed by atoms with Crippen LogP contribution in [-0.2, 0) is 15.4 Å². The molecule has 0 amide bonds. The van der Waals surface area contributed by atoms with Crippen LogP contribution in [0.25, 0.3) is 0 Å². The Morgan fingerprint density at radius 1 is 0.267 bits per heavy atom. The third-order valence-corrected chi connectivity index (χ3v) is 15.5. The van der Waals surface area contributed by atoms with Gasteiger partial charge in [0.1, 0.15) is 0 Å². The summed E-state index contributed by atoms with van der Waals surface area (Å²) in [6, 6.07) is 87.8. The van der Waals surface area contributed by atoms with Crippen LogP contribution in [0.2, 0.25) is 0 Å². The van der Waals surface area contributed by atoms with Gasteiger partial charge >= 0.3 is 7.44 Å². The van der Waals surface area contributed by atoms with Crippen LogP contribution in [0.3, 0.4) is 0 Å². The highest BCUT2D eigenvalue weighted by Crippen LogP contribution is 2.71. The molecule has 0 unspecified atom stereocenters. The van der Waals surface area contributed by atoms with E-state index in [1.54, 1.807) is 0 Å². The normalized spacial score (nSPS) is 14.6. The highest BCUT2D eigenvalue weighted by molar-refractivity contribution is 7.75. The lowest BCUT2D eigenvalue weighted by molar-refractivity contribution is 0.578. The van der Waals surface area contributed by atoms with Gasteiger partial charge in [-0.2, -0.15) is 0 Å². The first-order valence-electron chi connectivity index (χ1n) is 20.6. The summed E-state index contributed by atoms with van der Waals surface area (Å²) in [6.45, 7) is 0. The highest BCUT2D eigenvalue weighted by atomic mass is 31.2. The zero-order valence-electron chi connectivity index (χ0n) is 32.9. The summed E-state index contributed by atoms with van der Waals surface area (Å²) in [5.41, 5.74) is 11.0. The predicted molar refractivity (Wildman–Crippen MR) is 247 cm³/mol. The van der Waals surface area contributed by atoms with Crippen LogP contribution in [0.4, 0.5) is 22.7 Å².